The van der Waals surface area contributed by atoms with E-state index in [2.05, 4.69) is 0 Å². The molecule has 3 N–H and O–H groups in total. The van der Waals surface area contributed by atoms with E-state index in [1.54, 1.807) is 24.3 Å². The van der Waals surface area contributed by atoms with Gasteiger partial charge in [0, 0.05) is 11.6 Å². The molecule has 1 fully saturated rings. The number of benzene rings is 1. The SMILES string of the molecule is NC1CCCC(O)(C(=O)c2ccccc2)C1. The molecule has 0 radical (unpaired) electrons. The zero-order valence-electron chi connectivity index (χ0n) is 9.23. The highest BCUT2D eigenvalue weighted by Gasteiger charge is 2.40. The van der Waals surface area contributed by atoms with Crippen LogP contribution >= 0.6 is 0 Å². The lowest BCUT2D eigenvalue weighted by molar-refractivity contribution is 0.00740. The number of rotatable bonds is 2. The Morgan fingerprint density at radius 1 is 1.38 bits per heavy atom. The van der Waals surface area contributed by atoms with E-state index < -0.39 is 5.60 Å². The fourth-order valence-corrected chi connectivity index (χ4v) is 2.36. The summed E-state index contributed by atoms with van der Waals surface area (Å²) in [5.74, 6) is -0.191. The van der Waals surface area contributed by atoms with Gasteiger partial charge in [0.2, 0.25) is 0 Å². The predicted molar refractivity (Wildman–Crippen MR) is 62.2 cm³/mol. The Kier molecular flexibility index (Phi) is 3.08. The Labute approximate surface area is 95.3 Å². The van der Waals surface area contributed by atoms with E-state index in [1.165, 1.54) is 0 Å². The standard InChI is InChI=1S/C13H17NO2/c14-11-7-4-8-13(16,9-11)12(15)10-5-2-1-3-6-10/h1-3,5-6,11,16H,4,7-9,14H2. The van der Waals surface area contributed by atoms with Crippen molar-refractivity contribution in [3.63, 3.8) is 0 Å². The van der Waals surface area contributed by atoms with Gasteiger partial charge in [-0.1, -0.05) is 30.3 Å². The molecular formula is C13H17NO2. The van der Waals surface area contributed by atoms with Crippen LogP contribution in [0.25, 0.3) is 0 Å². The molecule has 0 spiro atoms. The molecule has 1 aromatic rings. The maximum atomic E-state index is 12.2. The second kappa shape index (κ2) is 4.36. The van der Waals surface area contributed by atoms with Crippen LogP contribution in [0.2, 0.25) is 0 Å². The third-order valence-corrected chi connectivity index (χ3v) is 3.22. The van der Waals surface area contributed by atoms with Gasteiger partial charge in [-0.2, -0.15) is 0 Å². The summed E-state index contributed by atoms with van der Waals surface area (Å²) in [5.41, 5.74) is 5.13. The van der Waals surface area contributed by atoms with Crippen LogP contribution in [0.1, 0.15) is 36.0 Å². The molecule has 0 heterocycles. The van der Waals surface area contributed by atoms with Crippen LogP contribution in [-0.4, -0.2) is 22.5 Å². The normalized spacial score (nSPS) is 30.0. The molecular weight excluding hydrogens is 202 g/mol. The number of aliphatic hydroxyl groups is 1. The van der Waals surface area contributed by atoms with E-state index in [0.29, 0.717) is 18.4 Å². The molecule has 1 aromatic carbocycles. The first-order chi connectivity index (χ1) is 7.62. The van der Waals surface area contributed by atoms with E-state index in [-0.39, 0.29) is 11.8 Å². The average Bonchev–Trinajstić information content (AvgIpc) is 2.29. The van der Waals surface area contributed by atoms with E-state index >= 15 is 0 Å². The number of carbonyl (C=O) groups excluding carboxylic acids is 1. The number of ketones is 1. The van der Waals surface area contributed by atoms with Crippen LogP contribution in [0.15, 0.2) is 30.3 Å². The number of hydrogen-bond donors (Lipinski definition) is 2. The molecule has 0 bridgehead atoms. The number of nitrogens with two attached hydrogens (primary N) is 1. The molecule has 0 saturated heterocycles. The molecule has 3 heteroatoms. The molecule has 0 amide bonds. The van der Waals surface area contributed by atoms with Gasteiger partial charge in [-0.05, 0) is 25.7 Å². The smallest absolute Gasteiger partial charge is 0.194 e. The summed E-state index contributed by atoms with van der Waals surface area (Å²) in [6.07, 6.45) is 2.61. The van der Waals surface area contributed by atoms with E-state index in [0.717, 1.165) is 12.8 Å². The number of carbonyl (C=O) groups is 1. The molecule has 1 aliphatic carbocycles. The highest BCUT2D eigenvalue weighted by molar-refractivity contribution is 6.02. The summed E-state index contributed by atoms with van der Waals surface area (Å²) >= 11 is 0. The Morgan fingerprint density at radius 3 is 2.69 bits per heavy atom. The molecule has 1 aliphatic rings. The summed E-state index contributed by atoms with van der Waals surface area (Å²) < 4.78 is 0. The fourth-order valence-electron chi connectivity index (χ4n) is 2.36. The highest BCUT2D eigenvalue weighted by Crippen LogP contribution is 2.30. The van der Waals surface area contributed by atoms with Gasteiger partial charge in [0.05, 0.1) is 0 Å². The van der Waals surface area contributed by atoms with Crippen molar-refractivity contribution in [1.82, 2.24) is 0 Å². The van der Waals surface area contributed by atoms with Crippen molar-refractivity contribution in [2.24, 2.45) is 5.73 Å². The first-order valence-electron chi connectivity index (χ1n) is 5.70. The Morgan fingerprint density at radius 2 is 2.06 bits per heavy atom. The van der Waals surface area contributed by atoms with Gasteiger partial charge in [0.1, 0.15) is 5.60 Å². The van der Waals surface area contributed by atoms with Gasteiger partial charge in [-0.3, -0.25) is 4.79 Å². The molecule has 0 aliphatic heterocycles. The Hall–Kier alpha value is -1.19. The Bertz CT molecular complexity index is 377. The molecule has 0 aromatic heterocycles. The van der Waals surface area contributed by atoms with Gasteiger partial charge < -0.3 is 10.8 Å². The largest absolute Gasteiger partial charge is 0.382 e. The zero-order chi connectivity index (χ0) is 11.6. The summed E-state index contributed by atoms with van der Waals surface area (Å²) in [4.78, 5) is 12.2. The minimum Gasteiger partial charge on any atom is -0.382 e. The van der Waals surface area contributed by atoms with E-state index in [9.17, 15) is 9.90 Å². The minimum atomic E-state index is -1.25. The lowest BCUT2D eigenvalue weighted by atomic mass is 9.77. The van der Waals surface area contributed by atoms with Crippen molar-refractivity contribution in [1.29, 1.82) is 0 Å². The van der Waals surface area contributed by atoms with Gasteiger partial charge >= 0.3 is 0 Å². The molecule has 16 heavy (non-hydrogen) atoms. The van der Waals surface area contributed by atoms with E-state index in [1.807, 2.05) is 6.07 Å². The van der Waals surface area contributed by atoms with Crippen molar-refractivity contribution >= 4 is 5.78 Å². The first kappa shape index (κ1) is 11.3. The van der Waals surface area contributed by atoms with Crippen molar-refractivity contribution < 1.29 is 9.90 Å². The zero-order valence-corrected chi connectivity index (χ0v) is 9.23. The number of Topliss-reactive ketones (excluding diaryl/α,β-unsaturated/α-hetero) is 1. The molecule has 2 rings (SSSR count). The third-order valence-electron chi connectivity index (χ3n) is 3.22. The minimum absolute atomic E-state index is 0.0635. The van der Waals surface area contributed by atoms with Crippen LogP contribution < -0.4 is 5.73 Å². The van der Waals surface area contributed by atoms with Crippen molar-refractivity contribution in [3.05, 3.63) is 35.9 Å². The quantitative estimate of drug-likeness (QED) is 0.741. The summed E-state index contributed by atoms with van der Waals surface area (Å²) in [6, 6.07) is 8.87. The van der Waals surface area contributed by atoms with Crippen molar-refractivity contribution in [2.75, 3.05) is 0 Å². The van der Waals surface area contributed by atoms with E-state index in [4.69, 9.17) is 5.73 Å². The lowest BCUT2D eigenvalue weighted by Gasteiger charge is -2.34. The monoisotopic (exact) mass is 219 g/mol. The van der Waals surface area contributed by atoms with Crippen LogP contribution in [0, 0.1) is 0 Å². The lowest BCUT2D eigenvalue weighted by Crippen LogP contribution is -2.47. The molecule has 2 unspecified atom stereocenters. The predicted octanol–water partition coefficient (Wildman–Crippen LogP) is 1.50. The van der Waals surface area contributed by atoms with Gasteiger partial charge in [-0.15, -0.1) is 0 Å². The average molecular weight is 219 g/mol. The molecule has 2 atom stereocenters. The van der Waals surface area contributed by atoms with Crippen molar-refractivity contribution in [2.45, 2.75) is 37.3 Å². The van der Waals surface area contributed by atoms with Gasteiger partial charge in [0.15, 0.2) is 5.78 Å². The fraction of sp³-hybridized carbons (Fsp3) is 0.462. The molecule has 86 valence electrons. The first-order valence-corrected chi connectivity index (χ1v) is 5.70. The second-order valence-corrected chi connectivity index (χ2v) is 4.58. The van der Waals surface area contributed by atoms with Crippen LogP contribution in [0.4, 0.5) is 0 Å². The molecule has 1 saturated carbocycles. The maximum Gasteiger partial charge on any atom is 0.194 e. The van der Waals surface area contributed by atoms with Crippen LogP contribution in [0.3, 0.4) is 0 Å². The van der Waals surface area contributed by atoms with Crippen LogP contribution in [0.5, 0.6) is 0 Å². The summed E-state index contributed by atoms with van der Waals surface area (Å²) in [5, 5.41) is 10.3. The van der Waals surface area contributed by atoms with Crippen LogP contribution in [-0.2, 0) is 0 Å². The summed E-state index contributed by atoms with van der Waals surface area (Å²) in [7, 11) is 0. The highest BCUT2D eigenvalue weighted by atomic mass is 16.3. The maximum absolute atomic E-state index is 12.2. The van der Waals surface area contributed by atoms with Gasteiger partial charge in [-0.25, -0.2) is 0 Å². The Balaban J connectivity index is 2.21. The summed E-state index contributed by atoms with van der Waals surface area (Å²) in [6.45, 7) is 0. The molecule has 3 nitrogen and oxygen atoms in total. The second-order valence-electron chi connectivity index (χ2n) is 4.58. The number of hydrogen-bond acceptors (Lipinski definition) is 3. The topological polar surface area (TPSA) is 63.3 Å². The third kappa shape index (κ3) is 2.15. The van der Waals surface area contributed by atoms with Crippen molar-refractivity contribution in [3.8, 4) is 0 Å². The van der Waals surface area contributed by atoms with Gasteiger partial charge in [0.25, 0.3) is 0 Å².